The number of anilines is 1. The van der Waals surface area contributed by atoms with Gasteiger partial charge in [0.2, 0.25) is 0 Å². The van der Waals surface area contributed by atoms with Crippen molar-refractivity contribution < 1.29 is 4.79 Å². The van der Waals surface area contributed by atoms with Gasteiger partial charge in [0.25, 0.3) is 0 Å². The summed E-state index contributed by atoms with van der Waals surface area (Å²) in [7, 11) is 0. The summed E-state index contributed by atoms with van der Waals surface area (Å²) < 4.78 is 0. The van der Waals surface area contributed by atoms with Gasteiger partial charge in [-0.15, -0.1) is 0 Å². The van der Waals surface area contributed by atoms with Crippen LogP contribution in [-0.4, -0.2) is 16.6 Å². The molecular weight excluding hydrogens is 406 g/mol. The molecule has 4 nitrogen and oxygen atoms in total. The Morgan fingerprint density at radius 2 is 1.97 bits per heavy atom. The number of halogens is 1. The monoisotopic (exact) mass is 431 g/mol. The van der Waals surface area contributed by atoms with Crippen molar-refractivity contribution in [3.63, 3.8) is 0 Å². The Labute approximate surface area is 187 Å². The number of carbonyl (C=O) groups is 1. The Morgan fingerprint density at radius 1 is 1.10 bits per heavy atom. The smallest absolute Gasteiger partial charge is 0.167 e. The van der Waals surface area contributed by atoms with Gasteiger partial charge in [-0.1, -0.05) is 42.8 Å². The lowest BCUT2D eigenvalue weighted by Gasteiger charge is -2.19. The number of nitrogens with zero attached hydrogens (tertiary/aromatic N) is 1. The normalized spacial score (nSPS) is 18.1. The van der Waals surface area contributed by atoms with Crippen molar-refractivity contribution in [2.24, 2.45) is 10.9 Å². The molecule has 158 valence electrons. The Morgan fingerprint density at radius 3 is 2.81 bits per heavy atom. The molecule has 2 aromatic carbocycles. The third-order valence-corrected chi connectivity index (χ3v) is 6.64. The van der Waals surface area contributed by atoms with Crippen LogP contribution in [0.5, 0.6) is 0 Å². The minimum Gasteiger partial charge on any atom is -0.358 e. The number of hydrogen-bond donors (Lipinski definition) is 2. The van der Waals surface area contributed by atoms with E-state index in [1.54, 1.807) is 0 Å². The number of nitrogens with one attached hydrogen (secondary N) is 2. The second-order valence-corrected chi connectivity index (χ2v) is 8.88. The van der Waals surface area contributed by atoms with Gasteiger partial charge in [0.1, 0.15) is 5.84 Å². The minimum atomic E-state index is 0.140. The van der Waals surface area contributed by atoms with Crippen LogP contribution in [0.1, 0.15) is 54.2 Å². The zero-order chi connectivity index (χ0) is 21.4. The van der Waals surface area contributed by atoms with Gasteiger partial charge in [-0.2, -0.15) is 0 Å². The molecule has 5 rings (SSSR count). The second-order valence-electron chi connectivity index (χ2n) is 8.44. The number of amidine groups is 1. The number of H-pyrrole nitrogens is 1. The van der Waals surface area contributed by atoms with E-state index in [1.165, 1.54) is 5.56 Å². The van der Waals surface area contributed by atoms with Crippen molar-refractivity contribution in [3.05, 3.63) is 70.4 Å². The number of fused-ring (bicyclic) bond motifs is 2. The lowest BCUT2D eigenvalue weighted by Crippen LogP contribution is -2.16. The van der Waals surface area contributed by atoms with Crippen LogP contribution in [0.25, 0.3) is 11.3 Å². The van der Waals surface area contributed by atoms with E-state index in [-0.39, 0.29) is 11.7 Å². The maximum Gasteiger partial charge on any atom is 0.167 e. The molecule has 31 heavy (non-hydrogen) atoms. The number of ketones is 1. The van der Waals surface area contributed by atoms with Gasteiger partial charge in [0.05, 0.1) is 5.69 Å². The number of para-hydroxylation sites is 1. The fourth-order valence-electron chi connectivity index (χ4n) is 4.73. The Bertz CT molecular complexity index is 1180. The zero-order valence-electron chi connectivity index (χ0n) is 17.7. The molecule has 0 fully saturated rings. The number of aliphatic imine (C=N–C) groups is 1. The lowest BCUT2D eigenvalue weighted by atomic mass is 9.93. The van der Waals surface area contributed by atoms with Crippen LogP contribution in [0.4, 0.5) is 11.4 Å². The quantitative estimate of drug-likeness (QED) is 0.440. The third kappa shape index (κ3) is 3.92. The fourth-order valence-corrected chi connectivity index (χ4v) is 4.93. The van der Waals surface area contributed by atoms with Crippen molar-refractivity contribution in [2.75, 3.05) is 5.32 Å². The molecule has 0 radical (unpaired) electrons. The van der Waals surface area contributed by atoms with Gasteiger partial charge in [-0.25, -0.2) is 4.99 Å². The summed E-state index contributed by atoms with van der Waals surface area (Å²) in [5.74, 6) is 1.35. The number of hydrogen-bond acceptors (Lipinski definition) is 3. The maximum atomic E-state index is 13.0. The van der Waals surface area contributed by atoms with E-state index in [2.05, 4.69) is 41.5 Å². The molecule has 1 aliphatic heterocycles. The molecule has 5 heteroatoms. The molecule has 2 heterocycles. The topological polar surface area (TPSA) is 57.2 Å². The fraction of sp³-hybridized carbons (Fsp3) is 0.308. The van der Waals surface area contributed by atoms with E-state index < -0.39 is 0 Å². The first-order valence-corrected chi connectivity index (χ1v) is 11.5. The number of aromatic amines is 1. The number of Topliss-reactive ketones (excluding diaryl/α,β-unsaturated/α-hetero) is 1. The van der Waals surface area contributed by atoms with Crippen LogP contribution in [0.2, 0.25) is 5.02 Å². The Hall–Kier alpha value is -2.85. The van der Waals surface area contributed by atoms with Crippen molar-refractivity contribution in [1.82, 2.24) is 4.98 Å². The second kappa shape index (κ2) is 8.35. The largest absolute Gasteiger partial charge is 0.358 e. The van der Waals surface area contributed by atoms with E-state index in [1.807, 2.05) is 24.3 Å². The van der Waals surface area contributed by atoms with Gasteiger partial charge in [0, 0.05) is 45.6 Å². The van der Waals surface area contributed by atoms with Gasteiger partial charge in [0.15, 0.2) is 5.78 Å². The van der Waals surface area contributed by atoms with Crippen molar-refractivity contribution in [2.45, 2.75) is 45.4 Å². The molecule has 1 unspecified atom stereocenters. The molecular formula is C26H26ClN3O. The first kappa shape index (κ1) is 20.1. The first-order chi connectivity index (χ1) is 15.1. The molecule has 0 bridgehead atoms. The highest BCUT2D eigenvalue weighted by Gasteiger charge is 2.27. The van der Waals surface area contributed by atoms with E-state index in [9.17, 15) is 4.79 Å². The first-order valence-electron chi connectivity index (χ1n) is 11.1. The summed E-state index contributed by atoms with van der Waals surface area (Å²) in [5.41, 5.74) is 7.14. The van der Waals surface area contributed by atoms with Crippen LogP contribution < -0.4 is 5.32 Å². The molecule has 0 saturated carbocycles. The zero-order valence-corrected chi connectivity index (χ0v) is 18.4. The van der Waals surface area contributed by atoms with E-state index in [4.69, 9.17) is 16.6 Å². The molecule has 1 aromatic heterocycles. The van der Waals surface area contributed by atoms with Gasteiger partial charge in [-0.3, -0.25) is 4.79 Å². The van der Waals surface area contributed by atoms with Crippen LogP contribution in [0.3, 0.4) is 0 Å². The van der Waals surface area contributed by atoms with Gasteiger partial charge in [-0.05, 0) is 61.9 Å². The average molecular weight is 432 g/mol. The molecule has 0 saturated heterocycles. The predicted molar refractivity (Wildman–Crippen MR) is 128 cm³/mol. The van der Waals surface area contributed by atoms with Crippen LogP contribution in [0.15, 0.2) is 53.5 Å². The minimum absolute atomic E-state index is 0.140. The number of rotatable bonds is 3. The summed E-state index contributed by atoms with van der Waals surface area (Å²) in [4.78, 5) is 21.6. The summed E-state index contributed by atoms with van der Waals surface area (Å²) in [5, 5.41) is 4.12. The summed E-state index contributed by atoms with van der Waals surface area (Å²) in [6.45, 7) is 2.11. The summed E-state index contributed by atoms with van der Waals surface area (Å²) in [6.07, 6.45) is 5.64. The van der Waals surface area contributed by atoms with E-state index in [0.29, 0.717) is 5.02 Å². The van der Waals surface area contributed by atoms with Crippen molar-refractivity contribution in [1.29, 1.82) is 0 Å². The van der Waals surface area contributed by atoms with E-state index in [0.717, 1.165) is 78.3 Å². The van der Waals surface area contributed by atoms with Crippen LogP contribution in [-0.2, 0) is 12.8 Å². The highest BCUT2D eigenvalue weighted by atomic mass is 35.5. The molecule has 2 aliphatic rings. The summed E-state index contributed by atoms with van der Waals surface area (Å²) >= 11 is 6.13. The van der Waals surface area contributed by atoms with E-state index >= 15 is 0 Å². The Kier molecular flexibility index (Phi) is 5.41. The molecule has 1 aliphatic carbocycles. The number of carbonyl (C=O) groups excluding carboxylic acids is 1. The van der Waals surface area contributed by atoms with Gasteiger partial charge >= 0.3 is 0 Å². The maximum absolute atomic E-state index is 13.0. The lowest BCUT2D eigenvalue weighted by molar-refractivity contribution is 0.0913. The molecule has 3 aromatic rings. The summed E-state index contributed by atoms with van der Waals surface area (Å²) in [6, 6.07) is 16.1. The average Bonchev–Trinajstić information content (AvgIpc) is 3.13. The molecule has 0 spiro atoms. The molecule has 2 N–H and O–H groups in total. The van der Waals surface area contributed by atoms with Crippen LogP contribution in [0, 0.1) is 5.92 Å². The number of aryl methyl sites for hydroxylation is 2. The Balaban J connectivity index is 1.52. The standard InChI is InChI=1S/C26H26ClN3O/c1-2-16-6-4-11-22-21(26(16)31)15-23(29-22)20-10-3-7-17-12-13-24(30-25(17)20)28-19-9-5-8-18(27)14-19/h3,5,7-10,14-16,29H,2,4,6,11-13H2,1H3,(H,28,30). The SMILES string of the molecule is CCC1CCCc2[nH]c(-c3cccc4c3N=C(Nc3cccc(Cl)c3)CC4)cc2C1=O. The van der Waals surface area contributed by atoms with Crippen molar-refractivity contribution in [3.8, 4) is 11.3 Å². The predicted octanol–water partition coefficient (Wildman–Crippen LogP) is 6.97. The molecule has 0 amide bonds. The van der Waals surface area contributed by atoms with Crippen molar-refractivity contribution >= 4 is 34.6 Å². The highest BCUT2D eigenvalue weighted by Crippen LogP contribution is 2.38. The van der Waals surface area contributed by atoms with Gasteiger partial charge < -0.3 is 10.3 Å². The highest BCUT2D eigenvalue weighted by molar-refractivity contribution is 6.30. The third-order valence-electron chi connectivity index (χ3n) is 6.41. The number of aromatic nitrogens is 1. The number of benzene rings is 2. The van der Waals surface area contributed by atoms with Crippen LogP contribution >= 0.6 is 11.6 Å². The molecule has 1 atom stereocenters.